The topological polar surface area (TPSA) is 57.3 Å². The molecule has 0 bridgehead atoms. The minimum Gasteiger partial charge on any atom is -0.324 e. The van der Waals surface area contributed by atoms with E-state index in [4.69, 9.17) is 11.6 Å². The summed E-state index contributed by atoms with van der Waals surface area (Å²) in [6, 6.07) is 1.82. The Morgan fingerprint density at radius 3 is 2.94 bits per heavy atom. The van der Waals surface area contributed by atoms with E-state index in [0.717, 1.165) is 31.7 Å². The Bertz CT molecular complexity index is 432. The highest BCUT2D eigenvalue weighted by atomic mass is 35.5. The first-order valence-corrected chi connectivity index (χ1v) is 6.38. The second kappa shape index (κ2) is 6.13. The molecule has 1 aromatic heterocycles. The highest BCUT2D eigenvalue weighted by molar-refractivity contribution is 6.30. The molecule has 0 aliphatic carbocycles. The number of piperazine rings is 1. The third-order valence-electron chi connectivity index (χ3n) is 2.87. The van der Waals surface area contributed by atoms with E-state index in [0.29, 0.717) is 17.4 Å². The molecule has 0 aromatic carbocycles. The number of aryl methyl sites for hydroxylation is 1. The van der Waals surface area contributed by atoms with Gasteiger partial charge in [-0.05, 0) is 18.6 Å². The summed E-state index contributed by atoms with van der Waals surface area (Å²) in [4.78, 5) is 18.0. The lowest BCUT2D eigenvalue weighted by Gasteiger charge is -2.26. The van der Waals surface area contributed by atoms with E-state index in [9.17, 15) is 4.79 Å². The van der Waals surface area contributed by atoms with Gasteiger partial charge in [0.05, 0.1) is 18.4 Å². The van der Waals surface area contributed by atoms with Crippen LogP contribution in [0.5, 0.6) is 0 Å². The van der Waals surface area contributed by atoms with Crippen LogP contribution >= 0.6 is 11.6 Å². The summed E-state index contributed by atoms with van der Waals surface area (Å²) in [5.74, 6) is -0.0135. The van der Waals surface area contributed by atoms with Gasteiger partial charge < -0.3 is 10.6 Å². The number of amides is 1. The van der Waals surface area contributed by atoms with Crippen LogP contribution in [-0.2, 0) is 4.79 Å². The minimum absolute atomic E-state index is 0.0135. The maximum atomic E-state index is 11.8. The van der Waals surface area contributed by atoms with Crippen LogP contribution in [-0.4, -0.2) is 48.5 Å². The van der Waals surface area contributed by atoms with Crippen molar-refractivity contribution in [2.45, 2.75) is 6.92 Å². The lowest BCUT2D eigenvalue weighted by atomic mass is 10.3. The Kier molecular flexibility index (Phi) is 4.52. The predicted molar refractivity (Wildman–Crippen MR) is 71.9 cm³/mol. The first-order valence-electron chi connectivity index (χ1n) is 6.00. The van der Waals surface area contributed by atoms with Crippen molar-refractivity contribution in [2.24, 2.45) is 0 Å². The number of aromatic nitrogens is 1. The highest BCUT2D eigenvalue weighted by Crippen LogP contribution is 2.15. The molecule has 1 amide bonds. The molecule has 1 aromatic rings. The van der Waals surface area contributed by atoms with Gasteiger partial charge in [0.1, 0.15) is 5.15 Å². The van der Waals surface area contributed by atoms with Crippen molar-refractivity contribution >= 4 is 23.2 Å². The van der Waals surface area contributed by atoms with E-state index in [-0.39, 0.29) is 5.91 Å². The summed E-state index contributed by atoms with van der Waals surface area (Å²) >= 11 is 5.83. The average Bonchev–Trinajstić information content (AvgIpc) is 2.35. The Morgan fingerprint density at radius 1 is 1.56 bits per heavy atom. The first kappa shape index (κ1) is 13.3. The molecule has 6 heteroatoms. The maximum absolute atomic E-state index is 11.8. The number of hydrogen-bond donors (Lipinski definition) is 2. The maximum Gasteiger partial charge on any atom is 0.238 e. The molecule has 2 heterocycles. The molecule has 2 rings (SSSR count). The molecule has 0 saturated carbocycles. The predicted octanol–water partition coefficient (Wildman–Crippen LogP) is 0.887. The zero-order valence-corrected chi connectivity index (χ0v) is 11.1. The number of hydrogen-bond acceptors (Lipinski definition) is 4. The molecule has 1 aliphatic rings. The molecule has 5 nitrogen and oxygen atoms in total. The van der Waals surface area contributed by atoms with Crippen molar-refractivity contribution in [2.75, 3.05) is 38.0 Å². The van der Waals surface area contributed by atoms with Gasteiger partial charge in [0, 0.05) is 26.2 Å². The number of anilines is 1. The van der Waals surface area contributed by atoms with Crippen molar-refractivity contribution in [3.8, 4) is 0 Å². The number of carbonyl (C=O) groups is 1. The Balaban J connectivity index is 1.88. The molecule has 1 saturated heterocycles. The van der Waals surface area contributed by atoms with Crippen LogP contribution < -0.4 is 10.6 Å². The van der Waals surface area contributed by atoms with Crippen molar-refractivity contribution in [1.82, 2.24) is 15.2 Å². The molecule has 2 N–H and O–H groups in total. The standard InChI is InChI=1S/C12H17ClN4O/c1-9-6-10(7-15-12(9)13)16-11(18)8-17-4-2-14-3-5-17/h6-7,14H,2-5,8H2,1H3,(H,16,18). The SMILES string of the molecule is Cc1cc(NC(=O)CN2CCNCC2)cnc1Cl. The van der Waals surface area contributed by atoms with Gasteiger partial charge >= 0.3 is 0 Å². The minimum atomic E-state index is -0.0135. The van der Waals surface area contributed by atoms with E-state index in [1.165, 1.54) is 0 Å². The Labute approximate surface area is 112 Å². The van der Waals surface area contributed by atoms with Gasteiger partial charge in [0.25, 0.3) is 0 Å². The fourth-order valence-corrected chi connectivity index (χ4v) is 2.00. The zero-order chi connectivity index (χ0) is 13.0. The van der Waals surface area contributed by atoms with Crippen LogP contribution in [0.2, 0.25) is 5.15 Å². The Hall–Kier alpha value is -1.17. The van der Waals surface area contributed by atoms with Crippen LogP contribution in [0.15, 0.2) is 12.3 Å². The largest absolute Gasteiger partial charge is 0.324 e. The molecule has 0 unspecified atom stereocenters. The lowest BCUT2D eigenvalue weighted by molar-refractivity contribution is -0.117. The smallest absolute Gasteiger partial charge is 0.238 e. The molecule has 98 valence electrons. The molecule has 0 spiro atoms. The van der Waals surface area contributed by atoms with E-state index in [1.807, 2.05) is 13.0 Å². The molecule has 1 aliphatic heterocycles. The lowest BCUT2D eigenvalue weighted by Crippen LogP contribution is -2.46. The second-order valence-corrected chi connectivity index (χ2v) is 4.76. The molecular weight excluding hydrogens is 252 g/mol. The normalized spacial score (nSPS) is 16.6. The van der Waals surface area contributed by atoms with Crippen LogP contribution in [0.25, 0.3) is 0 Å². The van der Waals surface area contributed by atoms with Gasteiger partial charge in [-0.3, -0.25) is 9.69 Å². The van der Waals surface area contributed by atoms with Crippen molar-refractivity contribution in [3.63, 3.8) is 0 Å². The monoisotopic (exact) mass is 268 g/mol. The summed E-state index contributed by atoms with van der Waals surface area (Å²) in [5, 5.41) is 6.56. The van der Waals surface area contributed by atoms with Crippen LogP contribution in [0.1, 0.15) is 5.56 Å². The number of nitrogens with one attached hydrogen (secondary N) is 2. The quantitative estimate of drug-likeness (QED) is 0.800. The van der Waals surface area contributed by atoms with Crippen molar-refractivity contribution in [1.29, 1.82) is 0 Å². The summed E-state index contributed by atoms with van der Waals surface area (Å²) in [6.45, 7) is 5.98. The number of rotatable bonds is 3. The molecule has 18 heavy (non-hydrogen) atoms. The number of halogens is 1. The van der Waals surface area contributed by atoms with E-state index in [1.54, 1.807) is 6.20 Å². The van der Waals surface area contributed by atoms with Crippen molar-refractivity contribution in [3.05, 3.63) is 23.0 Å². The third-order valence-corrected chi connectivity index (χ3v) is 3.27. The molecular formula is C12H17ClN4O. The zero-order valence-electron chi connectivity index (χ0n) is 10.4. The van der Waals surface area contributed by atoms with Gasteiger partial charge in [-0.15, -0.1) is 0 Å². The number of carbonyl (C=O) groups excluding carboxylic acids is 1. The second-order valence-electron chi connectivity index (χ2n) is 4.41. The van der Waals surface area contributed by atoms with E-state index in [2.05, 4.69) is 20.5 Å². The summed E-state index contributed by atoms with van der Waals surface area (Å²) in [6.07, 6.45) is 1.57. The highest BCUT2D eigenvalue weighted by Gasteiger charge is 2.13. The van der Waals surface area contributed by atoms with E-state index < -0.39 is 0 Å². The van der Waals surface area contributed by atoms with Gasteiger partial charge in [-0.2, -0.15) is 0 Å². The fraction of sp³-hybridized carbons (Fsp3) is 0.500. The Morgan fingerprint density at radius 2 is 2.28 bits per heavy atom. The van der Waals surface area contributed by atoms with Gasteiger partial charge in [0.2, 0.25) is 5.91 Å². The third kappa shape index (κ3) is 3.66. The van der Waals surface area contributed by atoms with Crippen LogP contribution in [0.3, 0.4) is 0 Å². The molecule has 0 atom stereocenters. The van der Waals surface area contributed by atoms with Gasteiger partial charge in [0.15, 0.2) is 0 Å². The fourth-order valence-electron chi connectivity index (χ4n) is 1.90. The summed E-state index contributed by atoms with van der Waals surface area (Å²) in [5.41, 5.74) is 1.55. The van der Waals surface area contributed by atoms with Crippen molar-refractivity contribution < 1.29 is 4.79 Å². The van der Waals surface area contributed by atoms with Gasteiger partial charge in [-0.25, -0.2) is 4.98 Å². The van der Waals surface area contributed by atoms with Crippen LogP contribution in [0, 0.1) is 6.92 Å². The summed E-state index contributed by atoms with van der Waals surface area (Å²) in [7, 11) is 0. The molecule has 1 fully saturated rings. The molecule has 0 radical (unpaired) electrons. The first-order chi connectivity index (χ1) is 8.65. The van der Waals surface area contributed by atoms with Crippen LogP contribution in [0.4, 0.5) is 5.69 Å². The summed E-state index contributed by atoms with van der Waals surface area (Å²) < 4.78 is 0. The van der Waals surface area contributed by atoms with Gasteiger partial charge in [-0.1, -0.05) is 11.6 Å². The number of pyridine rings is 1. The number of nitrogens with zero attached hydrogens (tertiary/aromatic N) is 2. The van der Waals surface area contributed by atoms with E-state index >= 15 is 0 Å². The average molecular weight is 269 g/mol.